The second-order valence-electron chi connectivity index (χ2n) is 13.1. The molecule has 0 unspecified atom stereocenters. The van der Waals surface area contributed by atoms with Crippen molar-refractivity contribution in [1.29, 1.82) is 0 Å². The van der Waals surface area contributed by atoms with Crippen LogP contribution in [-0.2, 0) is 20.7 Å². The number of hydrogen-bond acceptors (Lipinski definition) is 10. The van der Waals surface area contributed by atoms with Crippen LogP contribution in [0.5, 0.6) is 0 Å². The number of carbonyl (C=O) groups is 5. The zero-order chi connectivity index (χ0) is 40.2. The number of pyridine rings is 2. The van der Waals surface area contributed by atoms with Crippen molar-refractivity contribution in [2.45, 2.75) is 50.9 Å². The molecule has 0 aliphatic carbocycles. The van der Waals surface area contributed by atoms with Crippen LogP contribution in [0.4, 0.5) is 16.3 Å². The Labute approximate surface area is 323 Å². The molecule has 0 aliphatic heterocycles. The largest absolute Gasteiger partial charge is 0.453 e. The number of rotatable bonds is 16. The van der Waals surface area contributed by atoms with E-state index in [1.54, 1.807) is 59.6 Å². The van der Waals surface area contributed by atoms with E-state index in [4.69, 9.17) is 10.5 Å². The van der Waals surface area contributed by atoms with Gasteiger partial charge in [0.2, 0.25) is 11.8 Å². The van der Waals surface area contributed by atoms with Crippen LogP contribution in [0, 0.1) is 0 Å². The topological polar surface area (TPSA) is 209 Å². The molecule has 2 aromatic heterocycles. The van der Waals surface area contributed by atoms with Crippen LogP contribution in [0.25, 0.3) is 10.9 Å². The number of benzene rings is 3. The molecule has 2 heterocycles. The molecule has 0 saturated heterocycles. The van der Waals surface area contributed by atoms with Gasteiger partial charge in [-0.2, -0.15) is 0 Å². The fourth-order valence-corrected chi connectivity index (χ4v) is 6.00. The van der Waals surface area contributed by atoms with Gasteiger partial charge in [-0.25, -0.2) is 24.8 Å². The number of methoxy groups -OCH3 is 1. The summed E-state index contributed by atoms with van der Waals surface area (Å²) < 4.78 is 4.76. The summed E-state index contributed by atoms with van der Waals surface area (Å²) in [4.78, 5) is 75.0. The van der Waals surface area contributed by atoms with Crippen molar-refractivity contribution in [2.24, 2.45) is 5.73 Å². The molecule has 3 aromatic carbocycles. The molecule has 0 radical (unpaired) electrons. The van der Waals surface area contributed by atoms with E-state index in [0.717, 1.165) is 10.9 Å². The molecule has 5 rings (SSSR count). The van der Waals surface area contributed by atoms with Crippen molar-refractivity contribution in [3.05, 3.63) is 132 Å². The van der Waals surface area contributed by atoms with E-state index in [1.807, 2.05) is 56.3 Å². The van der Waals surface area contributed by atoms with E-state index in [0.29, 0.717) is 5.52 Å². The normalized spacial score (nSPS) is 12.7. The minimum Gasteiger partial charge on any atom is -0.453 e. The lowest BCUT2D eigenvalue weighted by molar-refractivity contribution is -0.128. The zero-order valence-corrected chi connectivity index (χ0v) is 31.2. The highest BCUT2D eigenvalue weighted by molar-refractivity contribution is 6.10. The molecule has 5 aromatic rings. The molecular weight excluding hydrogens is 716 g/mol. The van der Waals surface area contributed by atoms with Gasteiger partial charge in [0.25, 0.3) is 11.8 Å². The number of anilines is 2. The molecule has 56 heavy (non-hydrogen) atoms. The number of aromatic nitrogens is 2. The first kappa shape index (κ1) is 40.5. The number of para-hydroxylation sites is 2. The third-order valence-electron chi connectivity index (χ3n) is 8.81. The average Bonchev–Trinajstić information content (AvgIpc) is 3.20. The Morgan fingerprint density at radius 1 is 0.839 bits per heavy atom. The van der Waals surface area contributed by atoms with Crippen molar-refractivity contribution in [3.63, 3.8) is 0 Å². The molecule has 6 N–H and O–H groups in total. The number of fused-ring (bicyclic) bond motifs is 1. The molecule has 15 nitrogen and oxygen atoms in total. The Hall–Kier alpha value is -6.71. The highest BCUT2D eigenvalue weighted by Crippen LogP contribution is 2.25. The standard InChI is InChI=1S/C41H44N8O7/c1-26(2)48(49(37-19-11-12-22-43-37)40(54)29-16-8-10-18-31(29)47-41(55)56-3)25-35(50)33(23-27-13-5-4-6-14-27)45-39(53)34(24-36(42)51)46-38(52)32-21-20-28-15-7-9-17-30(28)44-32/h4-22,26,33-35,50H,23-25H2,1-3H3,(H2,42,51)(H,45,53)(H,46,52)(H,47,55)/t33-,34-,35+/m0/s1. The molecule has 3 atom stereocenters. The number of primary amides is 1. The fraction of sp³-hybridized carbons (Fsp3) is 0.244. The van der Waals surface area contributed by atoms with E-state index < -0.39 is 60.4 Å². The Morgan fingerprint density at radius 3 is 2.23 bits per heavy atom. The second kappa shape index (κ2) is 19.1. The fourth-order valence-electron chi connectivity index (χ4n) is 6.00. The maximum absolute atomic E-state index is 14.5. The van der Waals surface area contributed by atoms with Gasteiger partial charge in [-0.05, 0) is 62.2 Å². The first-order valence-corrected chi connectivity index (χ1v) is 17.9. The summed E-state index contributed by atoms with van der Waals surface area (Å²) in [5, 5.41) is 23.8. The summed E-state index contributed by atoms with van der Waals surface area (Å²) in [6, 6.07) is 28.1. The number of hydrogen-bond donors (Lipinski definition) is 5. The number of amides is 5. The average molecular weight is 761 g/mol. The summed E-state index contributed by atoms with van der Waals surface area (Å²) in [5.41, 5.74) is 7.19. The second-order valence-corrected chi connectivity index (χ2v) is 13.1. The highest BCUT2D eigenvalue weighted by Gasteiger charge is 2.35. The van der Waals surface area contributed by atoms with Crippen molar-refractivity contribution in [1.82, 2.24) is 25.6 Å². The number of ether oxygens (including phenoxy) is 1. The van der Waals surface area contributed by atoms with Crippen molar-refractivity contribution in [2.75, 3.05) is 24.0 Å². The Morgan fingerprint density at radius 2 is 1.54 bits per heavy atom. The molecular formula is C41H44N8O7. The molecule has 5 amide bonds. The Kier molecular flexibility index (Phi) is 13.8. The summed E-state index contributed by atoms with van der Waals surface area (Å²) in [6.07, 6.45) is -1.01. The minimum absolute atomic E-state index is 0.0297. The van der Waals surface area contributed by atoms with Gasteiger partial charge in [0.05, 0.1) is 42.4 Å². The lowest BCUT2D eigenvalue weighted by atomic mass is 9.99. The van der Waals surface area contributed by atoms with Crippen LogP contribution in [0.15, 0.2) is 115 Å². The van der Waals surface area contributed by atoms with Crippen LogP contribution < -0.4 is 26.7 Å². The van der Waals surface area contributed by atoms with E-state index in [1.165, 1.54) is 30.4 Å². The van der Waals surface area contributed by atoms with Crippen LogP contribution >= 0.6 is 0 Å². The molecule has 15 heteroatoms. The predicted molar refractivity (Wildman–Crippen MR) is 210 cm³/mol. The molecule has 0 saturated carbocycles. The lowest BCUT2D eigenvalue weighted by Gasteiger charge is -2.39. The molecule has 0 spiro atoms. The third kappa shape index (κ3) is 10.5. The zero-order valence-electron chi connectivity index (χ0n) is 31.2. The first-order chi connectivity index (χ1) is 26.9. The number of carbonyl (C=O) groups excluding carboxylic acids is 5. The number of aliphatic hydroxyl groups excluding tert-OH is 1. The van der Waals surface area contributed by atoms with Crippen molar-refractivity contribution < 1.29 is 33.8 Å². The van der Waals surface area contributed by atoms with E-state index in [9.17, 15) is 29.1 Å². The van der Waals surface area contributed by atoms with Gasteiger partial charge in [-0.1, -0.05) is 72.8 Å². The molecule has 0 bridgehead atoms. The van der Waals surface area contributed by atoms with E-state index in [2.05, 4.69) is 25.9 Å². The molecule has 0 fully saturated rings. The number of aliphatic hydroxyl groups is 1. The number of hydrazine groups is 1. The summed E-state index contributed by atoms with van der Waals surface area (Å²) in [7, 11) is 1.21. The van der Waals surface area contributed by atoms with Crippen LogP contribution in [-0.4, -0.2) is 87.7 Å². The summed E-state index contributed by atoms with van der Waals surface area (Å²) in [5.74, 6) is -2.66. The van der Waals surface area contributed by atoms with Crippen LogP contribution in [0.3, 0.4) is 0 Å². The Balaban J connectivity index is 1.45. The summed E-state index contributed by atoms with van der Waals surface area (Å²) >= 11 is 0. The first-order valence-electron chi connectivity index (χ1n) is 17.9. The SMILES string of the molecule is COC(=O)Nc1ccccc1C(=O)N(c1ccccn1)N(C[C@@H](O)[C@H](Cc1ccccc1)NC(=O)[C@H](CC(N)=O)NC(=O)c1ccc2ccccc2n1)C(C)C. The maximum Gasteiger partial charge on any atom is 0.411 e. The predicted octanol–water partition coefficient (Wildman–Crippen LogP) is 3.84. The number of nitrogens with two attached hydrogens (primary N) is 1. The van der Waals surface area contributed by atoms with Crippen molar-refractivity contribution in [3.8, 4) is 0 Å². The van der Waals surface area contributed by atoms with Crippen LogP contribution in [0.1, 0.15) is 46.7 Å². The van der Waals surface area contributed by atoms with Crippen molar-refractivity contribution >= 4 is 52.1 Å². The number of nitrogens with zero attached hydrogens (tertiary/aromatic N) is 4. The number of nitrogens with one attached hydrogen (secondary N) is 3. The quantitative estimate of drug-likeness (QED) is 0.0918. The van der Waals surface area contributed by atoms with Gasteiger partial charge in [-0.3, -0.25) is 24.5 Å². The molecule has 290 valence electrons. The highest BCUT2D eigenvalue weighted by atomic mass is 16.5. The van der Waals surface area contributed by atoms with Gasteiger partial charge >= 0.3 is 6.09 Å². The van der Waals surface area contributed by atoms with E-state index >= 15 is 0 Å². The van der Waals surface area contributed by atoms with Crippen LogP contribution in [0.2, 0.25) is 0 Å². The summed E-state index contributed by atoms with van der Waals surface area (Å²) in [6.45, 7) is 3.43. The van der Waals surface area contributed by atoms with Gasteiger partial charge in [0.1, 0.15) is 11.7 Å². The lowest BCUT2D eigenvalue weighted by Crippen LogP contribution is -2.59. The van der Waals surface area contributed by atoms with Gasteiger partial charge in [-0.15, -0.1) is 0 Å². The minimum atomic E-state index is -1.41. The Bertz CT molecular complexity index is 2150. The smallest absolute Gasteiger partial charge is 0.411 e. The van der Waals surface area contributed by atoms with Gasteiger partial charge in [0, 0.05) is 24.2 Å². The van der Waals surface area contributed by atoms with Gasteiger partial charge < -0.3 is 26.2 Å². The maximum atomic E-state index is 14.5. The monoisotopic (exact) mass is 760 g/mol. The van der Waals surface area contributed by atoms with Gasteiger partial charge in [0.15, 0.2) is 5.82 Å². The molecule has 0 aliphatic rings. The van der Waals surface area contributed by atoms with E-state index in [-0.39, 0.29) is 35.7 Å². The third-order valence-corrected chi connectivity index (χ3v) is 8.81.